The van der Waals surface area contributed by atoms with Crippen LogP contribution in [0.2, 0.25) is 0 Å². The molecule has 0 aromatic heterocycles. The van der Waals surface area contributed by atoms with Gasteiger partial charge >= 0.3 is 0 Å². The normalized spacial score (nSPS) is 16.6. The van der Waals surface area contributed by atoms with Crippen molar-refractivity contribution >= 4 is 17.5 Å². The zero-order valence-electron chi connectivity index (χ0n) is 16.2. The molecule has 4 heteroatoms. The van der Waals surface area contributed by atoms with Crippen molar-refractivity contribution in [2.24, 2.45) is 5.92 Å². The quantitative estimate of drug-likeness (QED) is 0.760. The van der Waals surface area contributed by atoms with Crippen LogP contribution in [0.15, 0.2) is 48.5 Å². The summed E-state index contributed by atoms with van der Waals surface area (Å²) in [5.74, 6) is -0.231. The van der Waals surface area contributed by atoms with Gasteiger partial charge in [0.25, 0.3) is 0 Å². The number of nitrogens with one attached hydrogen (secondary N) is 1. The average Bonchev–Trinajstić information content (AvgIpc) is 3.06. The Bertz CT molecular complexity index is 801. The van der Waals surface area contributed by atoms with Crippen LogP contribution in [-0.4, -0.2) is 24.9 Å². The SMILES string of the molecule is Cc1ccc(N2C[C@@H](C(=O)NCCCCc3ccccc3)CC2=O)cc1C. The highest BCUT2D eigenvalue weighted by Crippen LogP contribution is 2.26. The second-order valence-corrected chi connectivity index (χ2v) is 7.41. The summed E-state index contributed by atoms with van der Waals surface area (Å²) < 4.78 is 0. The van der Waals surface area contributed by atoms with Crippen LogP contribution < -0.4 is 10.2 Å². The number of unbranched alkanes of at least 4 members (excludes halogenated alkanes) is 1. The maximum Gasteiger partial charge on any atom is 0.227 e. The van der Waals surface area contributed by atoms with Gasteiger partial charge in [-0.2, -0.15) is 0 Å². The Morgan fingerprint density at radius 2 is 1.85 bits per heavy atom. The maximum atomic E-state index is 12.4. The Hall–Kier alpha value is -2.62. The Kier molecular flexibility index (Phi) is 6.28. The molecule has 1 heterocycles. The number of carbonyl (C=O) groups excluding carboxylic acids is 2. The summed E-state index contributed by atoms with van der Waals surface area (Å²) in [6.45, 7) is 5.23. The summed E-state index contributed by atoms with van der Waals surface area (Å²) in [6.07, 6.45) is 3.31. The number of rotatable bonds is 7. The zero-order chi connectivity index (χ0) is 19.2. The highest BCUT2D eigenvalue weighted by atomic mass is 16.2. The molecule has 1 aliphatic heterocycles. The maximum absolute atomic E-state index is 12.4. The van der Waals surface area contributed by atoms with Crippen LogP contribution in [0.5, 0.6) is 0 Å². The molecule has 1 N–H and O–H groups in total. The molecule has 27 heavy (non-hydrogen) atoms. The lowest BCUT2D eigenvalue weighted by Crippen LogP contribution is -2.33. The summed E-state index contributed by atoms with van der Waals surface area (Å²) in [4.78, 5) is 26.5. The number of nitrogens with zero attached hydrogens (tertiary/aromatic N) is 1. The van der Waals surface area contributed by atoms with Crippen LogP contribution in [0.1, 0.15) is 36.0 Å². The second-order valence-electron chi connectivity index (χ2n) is 7.41. The minimum absolute atomic E-state index is 0.00519. The van der Waals surface area contributed by atoms with E-state index in [4.69, 9.17) is 0 Å². The predicted molar refractivity (Wildman–Crippen MR) is 109 cm³/mol. The van der Waals surface area contributed by atoms with E-state index < -0.39 is 0 Å². The van der Waals surface area contributed by atoms with Gasteiger partial charge in [-0.25, -0.2) is 0 Å². The van der Waals surface area contributed by atoms with E-state index in [-0.39, 0.29) is 17.7 Å². The van der Waals surface area contributed by atoms with Crippen LogP contribution in [0, 0.1) is 19.8 Å². The number of hydrogen-bond acceptors (Lipinski definition) is 2. The molecule has 2 aromatic carbocycles. The third-order valence-electron chi connectivity index (χ3n) is 5.33. The summed E-state index contributed by atoms with van der Waals surface area (Å²) in [6, 6.07) is 16.4. The summed E-state index contributed by atoms with van der Waals surface area (Å²) in [5, 5.41) is 3.01. The van der Waals surface area contributed by atoms with Gasteiger partial charge in [0.1, 0.15) is 0 Å². The minimum Gasteiger partial charge on any atom is -0.356 e. The third kappa shape index (κ3) is 4.97. The van der Waals surface area contributed by atoms with Gasteiger partial charge in [-0.3, -0.25) is 9.59 Å². The Morgan fingerprint density at radius 3 is 2.59 bits per heavy atom. The van der Waals surface area contributed by atoms with Crippen molar-refractivity contribution in [3.05, 3.63) is 65.2 Å². The molecule has 1 atom stereocenters. The Balaban J connectivity index is 1.44. The molecule has 2 amide bonds. The van der Waals surface area contributed by atoms with Gasteiger partial charge in [-0.05, 0) is 61.9 Å². The summed E-state index contributed by atoms with van der Waals surface area (Å²) >= 11 is 0. The van der Waals surface area contributed by atoms with E-state index >= 15 is 0 Å². The van der Waals surface area contributed by atoms with Gasteiger partial charge in [0, 0.05) is 25.2 Å². The van der Waals surface area contributed by atoms with Gasteiger partial charge in [0.15, 0.2) is 0 Å². The van der Waals surface area contributed by atoms with Crippen molar-refractivity contribution in [2.75, 3.05) is 18.0 Å². The Labute approximate surface area is 161 Å². The first-order valence-electron chi connectivity index (χ1n) is 9.74. The first-order valence-corrected chi connectivity index (χ1v) is 9.74. The minimum atomic E-state index is -0.256. The molecule has 1 fully saturated rings. The molecule has 0 bridgehead atoms. The molecule has 142 valence electrons. The van der Waals surface area contributed by atoms with Crippen molar-refractivity contribution in [2.45, 2.75) is 39.5 Å². The predicted octanol–water partition coefficient (Wildman–Crippen LogP) is 3.80. The van der Waals surface area contributed by atoms with Crippen LogP contribution in [0.25, 0.3) is 0 Å². The fourth-order valence-electron chi connectivity index (χ4n) is 3.48. The second kappa shape index (κ2) is 8.85. The van der Waals surface area contributed by atoms with Crippen LogP contribution >= 0.6 is 0 Å². The van der Waals surface area contributed by atoms with E-state index in [1.54, 1.807) is 4.90 Å². The molecule has 0 radical (unpaired) electrons. The standard InChI is InChI=1S/C23H28N2O2/c1-17-11-12-21(14-18(17)2)25-16-20(15-22(25)26)23(27)24-13-7-6-10-19-8-4-3-5-9-19/h3-5,8-9,11-12,14,20H,6-7,10,13,15-16H2,1-2H3,(H,24,27)/t20-/m0/s1. The molecule has 3 rings (SSSR count). The van der Waals surface area contributed by atoms with Gasteiger partial charge in [0.2, 0.25) is 11.8 Å². The molecule has 0 spiro atoms. The summed E-state index contributed by atoms with van der Waals surface area (Å²) in [5.41, 5.74) is 4.58. The molecule has 2 aromatic rings. The fraction of sp³-hybridized carbons (Fsp3) is 0.391. The van der Waals surface area contributed by atoms with Gasteiger partial charge in [-0.15, -0.1) is 0 Å². The molecule has 0 aliphatic carbocycles. The highest BCUT2D eigenvalue weighted by molar-refractivity contribution is 6.00. The number of hydrogen-bond donors (Lipinski definition) is 1. The molecular formula is C23H28N2O2. The number of amides is 2. The molecular weight excluding hydrogens is 336 g/mol. The first-order chi connectivity index (χ1) is 13.0. The largest absolute Gasteiger partial charge is 0.356 e. The number of aryl methyl sites for hydroxylation is 3. The molecule has 1 saturated heterocycles. The fourth-order valence-corrected chi connectivity index (χ4v) is 3.48. The van der Waals surface area contributed by atoms with E-state index in [2.05, 4.69) is 36.5 Å². The van der Waals surface area contributed by atoms with Gasteiger partial charge < -0.3 is 10.2 Å². The lowest BCUT2D eigenvalue weighted by Gasteiger charge is -2.18. The molecule has 4 nitrogen and oxygen atoms in total. The first kappa shape index (κ1) is 19.2. The molecule has 0 saturated carbocycles. The highest BCUT2D eigenvalue weighted by Gasteiger charge is 2.34. The monoisotopic (exact) mass is 364 g/mol. The number of benzene rings is 2. The third-order valence-corrected chi connectivity index (χ3v) is 5.33. The van der Waals surface area contributed by atoms with Crippen molar-refractivity contribution < 1.29 is 9.59 Å². The van der Waals surface area contributed by atoms with E-state index in [9.17, 15) is 9.59 Å². The topological polar surface area (TPSA) is 49.4 Å². The lowest BCUT2D eigenvalue weighted by atomic mass is 10.1. The summed E-state index contributed by atoms with van der Waals surface area (Å²) in [7, 11) is 0. The number of anilines is 1. The van der Waals surface area contributed by atoms with Crippen LogP contribution in [-0.2, 0) is 16.0 Å². The molecule has 0 unspecified atom stereocenters. The van der Waals surface area contributed by atoms with Crippen molar-refractivity contribution in [3.63, 3.8) is 0 Å². The van der Waals surface area contributed by atoms with E-state index in [0.717, 1.165) is 30.5 Å². The van der Waals surface area contributed by atoms with Crippen LogP contribution in [0.4, 0.5) is 5.69 Å². The van der Waals surface area contributed by atoms with Crippen molar-refractivity contribution in [1.29, 1.82) is 0 Å². The van der Waals surface area contributed by atoms with Gasteiger partial charge in [0.05, 0.1) is 5.92 Å². The average molecular weight is 364 g/mol. The smallest absolute Gasteiger partial charge is 0.227 e. The van der Waals surface area contributed by atoms with Crippen molar-refractivity contribution in [1.82, 2.24) is 5.32 Å². The zero-order valence-corrected chi connectivity index (χ0v) is 16.2. The van der Waals surface area contributed by atoms with E-state index in [1.807, 2.05) is 31.2 Å². The van der Waals surface area contributed by atoms with E-state index in [1.165, 1.54) is 11.1 Å². The van der Waals surface area contributed by atoms with E-state index in [0.29, 0.717) is 19.5 Å². The Morgan fingerprint density at radius 1 is 1.07 bits per heavy atom. The van der Waals surface area contributed by atoms with Crippen molar-refractivity contribution in [3.8, 4) is 0 Å². The number of carbonyl (C=O) groups is 2. The molecule has 1 aliphatic rings. The lowest BCUT2D eigenvalue weighted by molar-refractivity contribution is -0.126. The van der Waals surface area contributed by atoms with Gasteiger partial charge in [-0.1, -0.05) is 36.4 Å². The van der Waals surface area contributed by atoms with Crippen LogP contribution in [0.3, 0.4) is 0 Å².